The fraction of sp³-hybridized carbons (Fsp3) is 0.267. The van der Waals surface area contributed by atoms with E-state index in [-0.39, 0.29) is 24.8 Å². The number of hydrogen-bond acceptors (Lipinski definition) is 3. The summed E-state index contributed by atoms with van der Waals surface area (Å²) in [5.41, 5.74) is 1.79. The highest BCUT2D eigenvalue weighted by Gasteiger charge is 2.21. The average molecular weight is 269 g/mol. The van der Waals surface area contributed by atoms with Crippen molar-refractivity contribution >= 4 is 22.7 Å². The highest BCUT2D eigenvalue weighted by molar-refractivity contribution is 5.87. The number of amides is 2. The Kier molecular flexibility index (Phi) is 3.33. The molecule has 1 aliphatic heterocycles. The van der Waals surface area contributed by atoms with E-state index in [1.54, 1.807) is 11.1 Å². The predicted octanol–water partition coefficient (Wildman–Crippen LogP) is 0.736. The number of para-hydroxylation sites is 1. The Morgan fingerprint density at radius 2 is 2.20 bits per heavy atom. The summed E-state index contributed by atoms with van der Waals surface area (Å²) in [6.45, 7) is 1.26. The Labute approximate surface area is 116 Å². The molecule has 2 heterocycles. The van der Waals surface area contributed by atoms with Crippen molar-refractivity contribution in [2.45, 2.75) is 6.42 Å². The molecule has 0 aliphatic carbocycles. The van der Waals surface area contributed by atoms with Crippen LogP contribution in [0.5, 0.6) is 0 Å². The number of fused-ring (bicyclic) bond motifs is 1. The molecule has 1 saturated heterocycles. The van der Waals surface area contributed by atoms with Gasteiger partial charge in [-0.15, -0.1) is 0 Å². The Balaban J connectivity index is 1.75. The van der Waals surface area contributed by atoms with Gasteiger partial charge in [0, 0.05) is 24.7 Å². The highest BCUT2D eigenvalue weighted by Crippen LogP contribution is 2.13. The summed E-state index contributed by atoms with van der Waals surface area (Å²) in [7, 11) is 0. The predicted molar refractivity (Wildman–Crippen MR) is 75.0 cm³/mol. The smallest absolute Gasteiger partial charge is 0.239 e. The van der Waals surface area contributed by atoms with Crippen LogP contribution in [0, 0.1) is 0 Å². The van der Waals surface area contributed by atoms with Crippen molar-refractivity contribution in [2.75, 3.05) is 19.6 Å². The fourth-order valence-electron chi connectivity index (χ4n) is 2.35. The number of benzene rings is 1. The molecule has 0 radical (unpaired) electrons. The first-order chi connectivity index (χ1) is 9.72. The molecule has 2 amide bonds. The van der Waals surface area contributed by atoms with E-state index < -0.39 is 0 Å². The van der Waals surface area contributed by atoms with E-state index in [2.05, 4.69) is 10.3 Å². The third-order valence-electron chi connectivity index (χ3n) is 3.39. The summed E-state index contributed by atoms with van der Waals surface area (Å²) in [5.74, 6) is -0.127. The van der Waals surface area contributed by atoms with Crippen LogP contribution in [0.25, 0.3) is 10.9 Å². The molecular formula is C15H15N3O2. The molecule has 1 fully saturated rings. The van der Waals surface area contributed by atoms with Crippen LogP contribution >= 0.6 is 0 Å². The number of carbonyl (C=O) groups is 2. The Bertz CT molecular complexity index is 669. The maximum atomic E-state index is 12.2. The lowest BCUT2D eigenvalue weighted by atomic mass is 10.1. The SMILES string of the molecule is O=C1CN(C(=O)Cc2cnc3ccccc3c2)CCN1. The van der Waals surface area contributed by atoms with E-state index >= 15 is 0 Å². The van der Waals surface area contributed by atoms with Crippen molar-refractivity contribution in [1.29, 1.82) is 0 Å². The van der Waals surface area contributed by atoms with E-state index in [1.165, 1.54) is 0 Å². The van der Waals surface area contributed by atoms with Gasteiger partial charge in [0.2, 0.25) is 11.8 Å². The second-order valence-corrected chi connectivity index (χ2v) is 4.88. The maximum Gasteiger partial charge on any atom is 0.239 e. The van der Waals surface area contributed by atoms with Crippen molar-refractivity contribution in [1.82, 2.24) is 15.2 Å². The molecule has 5 heteroatoms. The topological polar surface area (TPSA) is 62.3 Å². The van der Waals surface area contributed by atoms with Crippen LogP contribution in [-0.4, -0.2) is 41.3 Å². The van der Waals surface area contributed by atoms with Crippen molar-refractivity contribution in [2.24, 2.45) is 0 Å². The molecule has 1 aromatic carbocycles. The molecule has 0 spiro atoms. The third-order valence-corrected chi connectivity index (χ3v) is 3.39. The van der Waals surface area contributed by atoms with Crippen LogP contribution < -0.4 is 5.32 Å². The molecule has 0 unspecified atom stereocenters. The lowest BCUT2D eigenvalue weighted by Gasteiger charge is -2.26. The number of piperazine rings is 1. The first-order valence-electron chi connectivity index (χ1n) is 6.60. The van der Waals surface area contributed by atoms with Crippen LogP contribution in [0.4, 0.5) is 0 Å². The Morgan fingerprint density at radius 1 is 1.35 bits per heavy atom. The number of aromatic nitrogens is 1. The minimum Gasteiger partial charge on any atom is -0.353 e. The Hall–Kier alpha value is -2.43. The summed E-state index contributed by atoms with van der Waals surface area (Å²) >= 11 is 0. The van der Waals surface area contributed by atoms with Gasteiger partial charge in [-0.2, -0.15) is 0 Å². The van der Waals surface area contributed by atoms with Crippen LogP contribution in [0.2, 0.25) is 0 Å². The largest absolute Gasteiger partial charge is 0.353 e. The maximum absolute atomic E-state index is 12.2. The van der Waals surface area contributed by atoms with Gasteiger partial charge < -0.3 is 10.2 Å². The molecule has 0 bridgehead atoms. The molecule has 0 atom stereocenters. The minimum absolute atomic E-state index is 0.0306. The third kappa shape index (κ3) is 2.61. The zero-order valence-corrected chi connectivity index (χ0v) is 11.0. The summed E-state index contributed by atoms with van der Waals surface area (Å²) < 4.78 is 0. The molecule has 1 N–H and O–H groups in total. The molecule has 1 aromatic heterocycles. The van der Waals surface area contributed by atoms with Gasteiger partial charge in [0.1, 0.15) is 0 Å². The van der Waals surface area contributed by atoms with Gasteiger partial charge in [-0.3, -0.25) is 14.6 Å². The lowest BCUT2D eigenvalue weighted by Crippen LogP contribution is -2.50. The van der Waals surface area contributed by atoms with Gasteiger partial charge in [-0.25, -0.2) is 0 Å². The molecule has 1 aliphatic rings. The van der Waals surface area contributed by atoms with Crippen molar-refractivity contribution in [3.8, 4) is 0 Å². The molecule has 5 nitrogen and oxygen atoms in total. The van der Waals surface area contributed by atoms with Crippen molar-refractivity contribution < 1.29 is 9.59 Å². The fourth-order valence-corrected chi connectivity index (χ4v) is 2.35. The summed E-state index contributed by atoms with van der Waals surface area (Å²) in [4.78, 5) is 29.4. The molecule has 0 saturated carbocycles. The number of carbonyl (C=O) groups excluding carboxylic acids is 2. The molecular weight excluding hydrogens is 254 g/mol. The van der Waals surface area contributed by atoms with Gasteiger partial charge in [0.05, 0.1) is 18.5 Å². The summed E-state index contributed by atoms with van der Waals surface area (Å²) in [5, 5.41) is 3.73. The van der Waals surface area contributed by atoms with Crippen LogP contribution in [0.1, 0.15) is 5.56 Å². The van der Waals surface area contributed by atoms with E-state index in [9.17, 15) is 9.59 Å². The van der Waals surface area contributed by atoms with Gasteiger partial charge >= 0.3 is 0 Å². The van der Waals surface area contributed by atoms with Crippen molar-refractivity contribution in [3.63, 3.8) is 0 Å². The monoisotopic (exact) mass is 269 g/mol. The summed E-state index contributed by atoms with van der Waals surface area (Å²) in [6, 6.07) is 9.78. The second-order valence-electron chi connectivity index (χ2n) is 4.88. The number of nitrogens with one attached hydrogen (secondary N) is 1. The zero-order chi connectivity index (χ0) is 13.9. The molecule has 2 aromatic rings. The number of rotatable bonds is 2. The summed E-state index contributed by atoms with van der Waals surface area (Å²) in [6.07, 6.45) is 2.01. The van der Waals surface area contributed by atoms with E-state index in [0.29, 0.717) is 13.1 Å². The highest BCUT2D eigenvalue weighted by atomic mass is 16.2. The van der Waals surface area contributed by atoms with Gasteiger partial charge in [-0.1, -0.05) is 18.2 Å². The first-order valence-corrected chi connectivity index (χ1v) is 6.60. The average Bonchev–Trinajstić information content (AvgIpc) is 2.47. The van der Waals surface area contributed by atoms with Crippen LogP contribution in [-0.2, 0) is 16.0 Å². The number of pyridine rings is 1. The van der Waals surface area contributed by atoms with E-state index in [1.807, 2.05) is 30.3 Å². The van der Waals surface area contributed by atoms with Crippen LogP contribution in [0.3, 0.4) is 0 Å². The van der Waals surface area contributed by atoms with Gasteiger partial charge in [0.25, 0.3) is 0 Å². The van der Waals surface area contributed by atoms with Gasteiger partial charge in [-0.05, 0) is 17.7 Å². The van der Waals surface area contributed by atoms with E-state index in [4.69, 9.17) is 0 Å². The minimum atomic E-state index is -0.0961. The number of nitrogens with zero attached hydrogens (tertiary/aromatic N) is 2. The molecule has 102 valence electrons. The zero-order valence-electron chi connectivity index (χ0n) is 11.0. The van der Waals surface area contributed by atoms with Crippen molar-refractivity contribution in [3.05, 3.63) is 42.1 Å². The van der Waals surface area contributed by atoms with Crippen LogP contribution in [0.15, 0.2) is 36.5 Å². The molecule has 20 heavy (non-hydrogen) atoms. The second kappa shape index (κ2) is 5.28. The van der Waals surface area contributed by atoms with Gasteiger partial charge in [0.15, 0.2) is 0 Å². The normalized spacial score (nSPS) is 15.2. The Morgan fingerprint density at radius 3 is 3.05 bits per heavy atom. The quantitative estimate of drug-likeness (QED) is 0.874. The first kappa shape index (κ1) is 12.6. The molecule has 3 rings (SSSR count). The standard InChI is InChI=1S/C15H15N3O2/c19-14-10-18(6-5-16-14)15(20)8-11-7-12-3-1-2-4-13(12)17-9-11/h1-4,7,9H,5-6,8,10H2,(H,16,19). The van der Waals surface area contributed by atoms with E-state index in [0.717, 1.165) is 16.5 Å². The number of hydrogen-bond donors (Lipinski definition) is 1. The lowest BCUT2D eigenvalue weighted by molar-refractivity contribution is -0.137.